The van der Waals surface area contributed by atoms with Gasteiger partial charge in [0.1, 0.15) is 5.69 Å². The molecule has 0 saturated heterocycles. The Bertz CT molecular complexity index is 582. The van der Waals surface area contributed by atoms with Crippen molar-refractivity contribution in [1.29, 1.82) is 0 Å². The predicted octanol–water partition coefficient (Wildman–Crippen LogP) is 3.21. The van der Waals surface area contributed by atoms with Crippen molar-refractivity contribution >= 4 is 5.78 Å². The third-order valence-corrected chi connectivity index (χ3v) is 4.22. The van der Waals surface area contributed by atoms with Gasteiger partial charge in [0.05, 0.1) is 5.41 Å². The molecule has 1 aliphatic carbocycles. The van der Waals surface area contributed by atoms with Crippen molar-refractivity contribution in [2.45, 2.75) is 38.1 Å². The maximum atomic E-state index is 12.9. The predicted molar refractivity (Wildman–Crippen MR) is 74.2 cm³/mol. The highest BCUT2D eigenvalue weighted by molar-refractivity contribution is 6.03. The Kier molecular flexibility index (Phi) is 2.97. The summed E-state index contributed by atoms with van der Waals surface area (Å²) in [6.07, 6.45) is 4.74. The van der Waals surface area contributed by atoms with E-state index in [1.165, 1.54) is 0 Å². The summed E-state index contributed by atoms with van der Waals surface area (Å²) in [5.74, 6) is 0.226. The molecule has 0 aliphatic heterocycles. The van der Waals surface area contributed by atoms with Gasteiger partial charge in [0.25, 0.3) is 0 Å². The lowest BCUT2D eigenvalue weighted by molar-refractivity contribution is 0.0777. The second-order valence-electron chi connectivity index (χ2n) is 5.16. The second-order valence-corrected chi connectivity index (χ2v) is 5.16. The molecule has 0 unspecified atom stereocenters. The summed E-state index contributed by atoms with van der Waals surface area (Å²) in [6, 6.07) is 12.0. The van der Waals surface area contributed by atoms with Crippen LogP contribution in [0.25, 0.3) is 0 Å². The average molecular weight is 254 g/mol. The van der Waals surface area contributed by atoms with E-state index in [1.807, 2.05) is 31.2 Å². The van der Waals surface area contributed by atoms with Crippen molar-refractivity contribution in [2.24, 2.45) is 0 Å². The maximum Gasteiger partial charge on any atom is 0.191 e. The van der Waals surface area contributed by atoms with Gasteiger partial charge in [0, 0.05) is 12.7 Å². The molecule has 1 fully saturated rings. The first-order chi connectivity index (χ1) is 9.28. The number of aromatic nitrogens is 2. The molecule has 0 atom stereocenters. The minimum absolute atomic E-state index is 0.226. The van der Waals surface area contributed by atoms with Crippen LogP contribution in [-0.2, 0) is 12.0 Å². The number of benzene rings is 1. The lowest BCUT2D eigenvalue weighted by atomic mass is 9.61. The largest absolute Gasteiger partial charge is 0.291 e. The molecule has 3 heteroatoms. The summed E-state index contributed by atoms with van der Waals surface area (Å²) >= 11 is 0. The van der Waals surface area contributed by atoms with Crippen molar-refractivity contribution in [3.05, 3.63) is 53.9 Å². The monoisotopic (exact) mass is 254 g/mol. The normalized spacial score (nSPS) is 16.9. The number of rotatable bonds is 4. The molecule has 1 aliphatic rings. The summed E-state index contributed by atoms with van der Waals surface area (Å²) < 4.78 is 1.80. The Labute approximate surface area is 113 Å². The summed E-state index contributed by atoms with van der Waals surface area (Å²) in [6.45, 7) is 2.75. The van der Waals surface area contributed by atoms with E-state index in [4.69, 9.17) is 0 Å². The molecule has 1 aromatic heterocycles. The maximum absolute atomic E-state index is 12.9. The highest BCUT2D eigenvalue weighted by Crippen LogP contribution is 2.45. The third kappa shape index (κ3) is 1.81. The van der Waals surface area contributed by atoms with E-state index in [0.717, 1.165) is 37.1 Å². The molecule has 0 bridgehead atoms. The van der Waals surface area contributed by atoms with E-state index < -0.39 is 0 Å². The fourth-order valence-corrected chi connectivity index (χ4v) is 2.96. The first-order valence-corrected chi connectivity index (χ1v) is 6.90. The van der Waals surface area contributed by atoms with Crippen molar-refractivity contribution in [3.8, 4) is 0 Å². The number of aryl methyl sites for hydroxylation is 1. The number of nitrogens with zero attached hydrogens (tertiary/aromatic N) is 2. The van der Waals surface area contributed by atoms with E-state index >= 15 is 0 Å². The smallest absolute Gasteiger partial charge is 0.191 e. The van der Waals surface area contributed by atoms with Gasteiger partial charge in [-0.25, -0.2) is 0 Å². The first kappa shape index (κ1) is 12.2. The summed E-state index contributed by atoms with van der Waals surface area (Å²) in [5.41, 5.74) is 1.58. The van der Waals surface area contributed by atoms with Crippen LogP contribution in [0.5, 0.6) is 0 Å². The van der Waals surface area contributed by atoms with Crippen LogP contribution in [0, 0.1) is 0 Å². The number of carbonyl (C=O) groups is 1. The molecule has 0 spiro atoms. The van der Waals surface area contributed by atoms with Crippen LogP contribution in [0.4, 0.5) is 0 Å². The highest BCUT2D eigenvalue weighted by Gasteiger charge is 2.46. The Hall–Kier alpha value is -1.90. The third-order valence-electron chi connectivity index (χ3n) is 4.22. The molecule has 98 valence electrons. The van der Waals surface area contributed by atoms with Gasteiger partial charge in [0.15, 0.2) is 5.78 Å². The molecule has 1 aromatic carbocycles. The van der Waals surface area contributed by atoms with Crippen LogP contribution in [-0.4, -0.2) is 15.6 Å². The minimum atomic E-state index is -0.311. The van der Waals surface area contributed by atoms with Crippen LogP contribution in [0.3, 0.4) is 0 Å². The number of Topliss-reactive ketones (excluding diaryl/α,β-unsaturated/α-hetero) is 1. The Morgan fingerprint density at radius 3 is 2.58 bits per heavy atom. The summed E-state index contributed by atoms with van der Waals surface area (Å²) in [5, 5.41) is 4.22. The highest BCUT2D eigenvalue weighted by atomic mass is 16.1. The zero-order valence-electron chi connectivity index (χ0n) is 11.2. The Balaban J connectivity index is 2.02. The van der Waals surface area contributed by atoms with E-state index in [0.29, 0.717) is 0 Å². The van der Waals surface area contributed by atoms with Crippen molar-refractivity contribution < 1.29 is 4.79 Å². The van der Waals surface area contributed by atoms with Gasteiger partial charge >= 0.3 is 0 Å². The van der Waals surface area contributed by atoms with Gasteiger partial charge in [-0.05, 0) is 31.4 Å². The zero-order valence-corrected chi connectivity index (χ0v) is 11.2. The van der Waals surface area contributed by atoms with E-state index in [9.17, 15) is 4.79 Å². The number of ketones is 1. The van der Waals surface area contributed by atoms with Crippen LogP contribution in [0.15, 0.2) is 42.6 Å². The molecule has 1 saturated carbocycles. The molecule has 3 nitrogen and oxygen atoms in total. The molecule has 0 N–H and O–H groups in total. The van der Waals surface area contributed by atoms with Gasteiger partial charge in [-0.15, -0.1) is 0 Å². The topological polar surface area (TPSA) is 34.9 Å². The molecule has 19 heavy (non-hydrogen) atoms. The Morgan fingerprint density at radius 1 is 1.26 bits per heavy atom. The summed E-state index contributed by atoms with van der Waals surface area (Å²) in [4.78, 5) is 12.9. The van der Waals surface area contributed by atoms with E-state index in [1.54, 1.807) is 10.9 Å². The van der Waals surface area contributed by atoms with Gasteiger partial charge in [-0.1, -0.05) is 36.8 Å². The fourth-order valence-electron chi connectivity index (χ4n) is 2.96. The standard InChI is InChI=1S/C16H18N2O/c1-2-18-14(9-12-17-18)15(19)16(10-6-11-16)13-7-4-3-5-8-13/h3-5,7-9,12H,2,6,10-11H2,1H3. The van der Waals surface area contributed by atoms with Crippen molar-refractivity contribution in [2.75, 3.05) is 0 Å². The van der Waals surface area contributed by atoms with E-state index in [-0.39, 0.29) is 11.2 Å². The van der Waals surface area contributed by atoms with Crippen LogP contribution < -0.4 is 0 Å². The lowest BCUT2D eigenvalue weighted by Gasteiger charge is -2.40. The molecule has 2 aromatic rings. The molecular formula is C16H18N2O. The minimum Gasteiger partial charge on any atom is -0.291 e. The summed E-state index contributed by atoms with van der Waals surface area (Å²) in [7, 11) is 0. The average Bonchev–Trinajstić information content (AvgIpc) is 2.87. The van der Waals surface area contributed by atoms with Crippen molar-refractivity contribution in [3.63, 3.8) is 0 Å². The molecule has 3 rings (SSSR count). The second kappa shape index (κ2) is 4.65. The molecular weight excluding hydrogens is 236 g/mol. The van der Waals surface area contributed by atoms with Gasteiger partial charge in [-0.2, -0.15) is 5.10 Å². The van der Waals surface area contributed by atoms with Gasteiger partial charge < -0.3 is 0 Å². The zero-order chi connectivity index (χ0) is 13.3. The molecule has 0 radical (unpaired) electrons. The number of carbonyl (C=O) groups excluding carboxylic acids is 1. The molecule has 0 amide bonds. The lowest BCUT2D eigenvalue weighted by Crippen LogP contribution is -2.43. The Morgan fingerprint density at radius 2 is 2.00 bits per heavy atom. The van der Waals surface area contributed by atoms with Gasteiger partial charge in [-0.3, -0.25) is 9.48 Å². The molecule has 1 heterocycles. The van der Waals surface area contributed by atoms with Crippen LogP contribution in [0.1, 0.15) is 42.2 Å². The number of hydrogen-bond acceptors (Lipinski definition) is 2. The number of hydrogen-bond donors (Lipinski definition) is 0. The van der Waals surface area contributed by atoms with E-state index in [2.05, 4.69) is 17.2 Å². The SMILES string of the molecule is CCn1nccc1C(=O)C1(c2ccccc2)CCC1. The fraction of sp³-hybridized carbons (Fsp3) is 0.375. The van der Waals surface area contributed by atoms with Crippen molar-refractivity contribution in [1.82, 2.24) is 9.78 Å². The van der Waals surface area contributed by atoms with Gasteiger partial charge in [0.2, 0.25) is 0 Å². The van der Waals surface area contributed by atoms with Crippen LogP contribution >= 0.6 is 0 Å². The van der Waals surface area contributed by atoms with Crippen LogP contribution in [0.2, 0.25) is 0 Å². The quantitative estimate of drug-likeness (QED) is 0.785. The first-order valence-electron chi connectivity index (χ1n) is 6.90.